The summed E-state index contributed by atoms with van der Waals surface area (Å²) in [4.78, 5) is 23.1. The molecule has 0 aliphatic heterocycles. The number of hydrogen-bond donors (Lipinski definition) is 2. The Hall–Kier alpha value is -0.621. The Bertz CT molecular complexity index is 401. The molecule has 1 heterocycles. The Balaban J connectivity index is 2.63. The van der Waals surface area contributed by atoms with Gasteiger partial charge in [-0.15, -0.1) is 0 Å². The molecule has 0 radical (unpaired) electrons. The number of pyridine rings is 1. The Morgan fingerprint density at radius 1 is 1.33 bits per heavy atom. The predicted octanol–water partition coefficient (Wildman–Crippen LogP) is 1.10. The topological polar surface area (TPSA) is 68.0 Å². The Labute approximate surface area is 113 Å². The van der Waals surface area contributed by atoms with E-state index in [0.717, 1.165) is 12.8 Å². The van der Waals surface area contributed by atoms with Crippen LogP contribution in [0.25, 0.3) is 0 Å². The number of carbonyl (C=O) groups excluding carboxylic acids is 1. The molecule has 100 valence electrons. The number of amides is 1. The van der Waals surface area contributed by atoms with Gasteiger partial charge >= 0.3 is 113 Å². The number of nitrogens with zero attached hydrogens (tertiary/aromatic N) is 1. The van der Waals surface area contributed by atoms with Crippen LogP contribution < -0.4 is 14.6 Å². The second-order valence-corrected chi connectivity index (χ2v) is 20.0. The molecule has 4 nitrogen and oxygen atoms in total. The maximum absolute atomic E-state index is 11.9. The summed E-state index contributed by atoms with van der Waals surface area (Å²) >= 11 is -2.14. The van der Waals surface area contributed by atoms with Gasteiger partial charge in [0.25, 0.3) is 0 Å². The minimum atomic E-state index is -2.14. The first-order valence-corrected chi connectivity index (χ1v) is 16.4. The van der Waals surface area contributed by atoms with Crippen LogP contribution in [0.15, 0.2) is 18.5 Å². The van der Waals surface area contributed by atoms with Crippen molar-refractivity contribution in [3.05, 3.63) is 24.0 Å². The van der Waals surface area contributed by atoms with Gasteiger partial charge in [-0.3, -0.25) is 0 Å². The van der Waals surface area contributed by atoms with E-state index in [2.05, 4.69) is 25.1 Å². The van der Waals surface area contributed by atoms with Gasteiger partial charge in [-0.2, -0.15) is 0 Å². The van der Waals surface area contributed by atoms with Crippen molar-refractivity contribution in [1.29, 1.82) is 0 Å². The van der Waals surface area contributed by atoms with E-state index in [4.69, 9.17) is 5.73 Å². The number of rotatable bonds is 6. The number of nitrogens with one attached hydrogen (secondary N) is 1. The summed E-state index contributed by atoms with van der Waals surface area (Å²) in [5, 5.41) is 2.90. The van der Waals surface area contributed by atoms with Crippen LogP contribution >= 0.6 is 0 Å². The first kappa shape index (κ1) is 15.4. The van der Waals surface area contributed by atoms with E-state index >= 15 is 0 Å². The number of unbranched alkanes of at least 4 members (excludes halogenated alkanes) is 1. The monoisotopic (exact) mass is 357 g/mol. The van der Waals surface area contributed by atoms with Gasteiger partial charge in [0, 0.05) is 0 Å². The molecule has 0 aliphatic rings. The van der Waals surface area contributed by atoms with Crippen molar-refractivity contribution in [2.75, 3.05) is 13.1 Å². The van der Waals surface area contributed by atoms with Crippen LogP contribution in [-0.2, 0) is 0 Å². The molecule has 0 unspecified atom stereocenters. The minimum absolute atomic E-state index is 0.0306. The molecule has 1 amide bonds. The third kappa shape index (κ3) is 4.94. The average molecular weight is 356 g/mol. The van der Waals surface area contributed by atoms with Gasteiger partial charge in [0.15, 0.2) is 0 Å². The van der Waals surface area contributed by atoms with E-state index in [9.17, 15) is 4.79 Å². The van der Waals surface area contributed by atoms with Crippen molar-refractivity contribution >= 4 is 27.9 Å². The molecular weight excluding hydrogens is 333 g/mol. The zero-order valence-electron chi connectivity index (χ0n) is 11.5. The van der Waals surface area contributed by atoms with Crippen LogP contribution in [0.3, 0.4) is 0 Å². The molecule has 0 aromatic carbocycles. The summed E-state index contributed by atoms with van der Waals surface area (Å²) in [6.07, 6.45) is 5.41. The van der Waals surface area contributed by atoms with Crippen molar-refractivity contribution in [3.8, 4) is 0 Å². The summed E-state index contributed by atoms with van der Waals surface area (Å²) < 4.78 is 1.28. The van der Waals surface area contributed by atoms with Gasteiger partial charge in [-0.25, -0.2) is 0 Å². The average Bonchev–Trinajstić information content (AvgIpc) is 2.33. The summed E-state index contributed by atoms with van der Waals surface area (Å²) in [5.74, 6) is -0.0306. The first-order valence-electron chi connectivity index (χ1n) is 6.39. The molecule has 0 spiro atoms. The third-order valence-electron chi connectivity index (χ3n) is 2.78. The van der Waals surface area contributed by atoms with E-state index in [-0.39, 0.29) is 5.91 Å². The second kappa shape index (κ2) is 7.09. The molecule has 0 saturated carbocycles. The number of carbonyl (C=O) groups is 1. The van der Waals surface area contributed by atoms with Gasteiger partial charge in [0.05, 0.1) is 0 Å². The van der Waals surface area contributed by atoms with Gasteiger partial charge < -0.3 is 0 Å². The Morgan fingerprint density at radius 2 is 2.06 bits per heavy atom. The fourth-order valence-electron chi connectivity index (χ4n) is 1.55. The number of nitrogens with two attached hydrogens (primary N) is 1. The fraction of sp³-hybridized carbons (Fsp3) is 0.538. The van der Waals surface area contributed by atoms with Crippen LogP contribution in [0.1, 0.15) is 23.2 Å². The quantitative estimate of drug-likeness (QED) is 0.593. The van der Waals surface area contributed by atoms with E-state index in [1.807, 2.05) is 12.3 Å². The molecule has 0 aliphatic carbocycles. The Morgan fingerprint density at radius 3 is 2.67 bits per heavy atom. The maximum atomic E-state index is 11.9. The van der Waals surface area contributed by atoms with Gasteiger partial charge in [-0.1, -0.05) is 0 Å². The number of aromatic nitrogens is 1. The molecule has 18 heavy (non-hydrogen) atoms. The van der Waals surface area contributed by atoms with Crippen molar-refractivity contribution in [2.24, 2.45) is 5.73 Å². The van der Waals surface area contributed by atoms with Crippen molar-refractivity contribution in [3.63, 3.8) is 0 Å². The van der Waals surface area contributed by atoms with E-state index < -0.39 is 18.4 Å². The SMILES string of the molecule is [CH3][Sn]([CH3])([CH3])[c]1cncc(C(=O)NCCCCN)c1. The molecule has 0 fully saturated rings. The van der Waals surface area contributed by atoms with Crippen LogP contribution in [0.4, 0.5) is 0 Å². The molecule has 0 atom stereocenters. The molecule has 3 N–H and O–H groups in total. The van der Waals surface area contributed by atoms with E-state index in [1.165, 1.54) is 3.58 Å². The zero-order chi connectivity index (χ0) is 13.6. The summed E-state index contributed by atoms with van der Waals surface area (Å²) in [5.41, 5.74) is 6.08. The summed E-state index contributed by atoms with van der Waals surface area (Å²) in [7, 11) is 0. The third-order valence-corrected chi connectivity index (χ3v) is 8.51. The van der Waals surface area contributed by atoms with Crippen molar-refractivity contribution in [2.45, 2.75) is 27.7 Å². The van der Waals surface area contributed by atoms with Crippen LogP contribution in [0.2, 0.25) is 14.8 Å². The normalized spacial score (nSPS) is 11.3. The fourth-order valence-corrected chi connectivity index (χ4v) is 4.55. The molecule has 1 aromatic heterocycles. The molecule has 1 aromatic rings. The summed E-state index contributed by atoms with van der Waals surface area (Å²) in [6, 6.07) is 2.00. The van der Waals surface area contributed by atoms with Crippen molar-refractivity contribution < 1.29 is 4.79 Å². The molecular formula is C13H23N3OSn. The molecule has 1 rings (SSSR count). The standard InChI is InChI=1S/C10H14N3O.3CH3.Sn/c11-5-1-2-7-13-10(14)9-4-3-6-12-8-9;;;;/h4,6,8H,1-2,5,7,11H2,(H,13,14);3*1H3;. The first-order chi connectivity index (χ1) is 8.45. The second-order valence-electron chi connectivity index (χ2n) is 5.46. The van der Waals surface area contributed by atoms with E-state index in [1.54, 1.807) is 6.20 Å². The number of hydrogen-bond acceptors (Lipinski definition) is 3. The van der Waals surface area contributed by atoms with Crippen molar-refractivity contribution in [1.82, 2.24) is 10.3 Å². The van der Waals surface area contributed by atoms with Gasteiger partial charge in [0.1, 0.15) is 0 Å². The zero-order valence-corrected chi connectivity index (χ0v) is 14.3. The predicted molar refractivity (Wildman–Crippen MR) is 77.8 cm³/mol. The molecule has 0 bridgehead atoms. The van der Waals surface area contributed by atoms with E-state index in [0.29, 0.717) is 18.7 Å². The van der Waals surface area contributed by atoms with Crippen LogP contribution in [0.5, 0.6) is 0 Å². The van der Waals surface area contributed by atoms with Gasteiger partial charge in [0.2, 0.25) is 0 Å². The van der Waals surface area contributed by atoms with Crippen LogP contribution in [0, 0.1) is 0 Å². The molecule has 5 heteroatoms. The van der Waals surface area contributed by atoms with Crippen LogP contribution in [-0.4, -0.2) is 42.4 Å². The summed E-state index contributed by atoms with van der Waals surface area (Å²) in [6.45, 7) is 1.35. The Kier molecular flexibility index (Phi) is 6.08. The van der Waals surface area contributed by atoms with Gasteiger partial charge in [-0.05, 0) is 0 Å². The molecule has 0 saturated heterocycles.